The number of rotatable bonds is 9. The molecular formula is C24H26FN5O4. The predicted octanol–water partition coefficient (Wildman–Crippen LogP) is 2.72. The first kappa shape index (κ1) is 23.4. The number of halogens is 1. The lowest BCUT2D eigenvalue weighted by molar-refractivity contribution is 0.131. The molecule has 0 aliphatic carbocycles. The van der Waals surface area contributed by atoms with Crippen molar-refractivity contribution in [3.8, 4) is 11.8 Å². The summed E-state index contributed by atoms with van der Waals surface area (Å²) >= 11 is 0. The Labute approximate surface area is 194 Å². The van der Waals surface area contributed by atoms with E-state index in [9.17, 15) is 14.0 Å². The van der Waals surface area contributed by atoms with E-state index in [1.807, 2.05) is 31.2 Å². The van der Waals surface area contributed by atoms with Gasteiger partial charge < -0.3 is 9.57 Å². The Balaban J connectivity index is 1.91. The third-order valence-corrected chi connectivity index (χ3v) is 5.65. The van der Waals surface area contributed by atoms with E-state index in [-0.39, 0.29) is 42.7 Å². The van der Waals surface area contributed by atoms with Crippen molar-refractivity contribution in [2.75, 3.05) is 6.61 Å². The molecule has 178 valence electrons. The summed E-state index contributed by atoms with van der Waals surface area (Å²) in [6.07, 6.45) is 1.12. The average molecular weight is 468 g/mol. The van der Waals surface area contributed by atoms with Crippen molar-refractivity contribution in [2.24, 2.45) is 12.9 Å². The number of para-hydroxylation sites is 1. The predicted molar refractivity (Wildman–Crippen MR) is 125 cm³/mol. The summed E-state index contributed by atoms with van der Waals surface area (Å²) in [6.45, 7) is 2.54. The maximum Gasteiger partial charge on any atom is 0.332 e. The molecule has 2 N–H and O–H groups in total. The van der Waals surface area contributed by atoms with E-state index in [2.05, 4.69) is 9.82 Å². The molecule has 2 heterocycles. The van der Waals surface area contributed by atoms with Crippen LogP contribution in [-0.2, 0) is 31.4 Å². The summed E-state index contributed by atoms with van der Waals surface area (Å²) in [5.41, 5.74) is 1.13. The molecule has 9 nitrogen and oxygen atoms in total. The third-order valence-electron chi connectivity index (χ3n) is 5.65. The van der Waals surface area contributed by atoms with Gasteiger partial charge in [0.15, 0.2) is 11.2 Å². The zero-order chi connectivity index (χ0) is 24.2. The van der Waals surface area contributed by atoms with Crippen molar-refractivity contribution < 1.29 is 14.0 Å². The summed E-state index contributed by atoms with van der Waals surface area (Å²) < 4.78 is 23.7. The fourth-order valence-electron chi connectivity index (χ4n) is 3.85. The van der Waals surface area contributed by atoms with E-state index < -0.39 is 11.2 Å². The number of hydrogen-bond acceptors (Lipinski definition) is 6. The van der Waals surface area contributed by atoms with Crippen LogP contribution in [0.15, 0.2) is 58.1 Å². The molecule has 0 aliphatic rings. The van der Waals surface area contributed by atoms with Gasteiger partial charge in [-0.3, -0.25) is 18.5 Å². The first-order valence-electron chi connectivity index (χ1n) is 11.0. The molecule has 0 amide bonds. The van der Waals surface area contributed by atoms with Gasteiger partial charge in [0.1, 0.15) is 11.6 Å². The van der Waals surface area contributed by atoms with Crippen molar-refractivity contribution in [1.29, 1.82) is 0 Å². The number of nitrogens with two attached hydrogens (primary N) is 1. The van der Waals surface area contributed by atoms with Gasteiger partial charge in [0, 0.05) is 13.6 Å². The fourth-order valence-corrected chi connectivity index (χ4v) is 3.85. The van der Waals surface area contributed by atoms with Crippen LogP contribution in [0.2, 0.25) is 0 Å². The van der Waals surface area contributed by atoms with Gasteiger partial charge in [0.25, 0.3) is 5.56 Å². The van der Waals surface area contributed by atoms with Crippen molar-refractivity contribution in [1.82, 2.24) is 18.7 Å². The van der Waals surface area contributed by atoms with Crippen LogP contribution in [0.3, 0.4) is 0 Å². The number of benzene rings is 2. The van der Waals surface area contributed by atoms with Crippen LogP contribution in [0.4, 0.5) is 4.39 Å². The summed E-state index contributed by atoms with van der Waals surface area (Å²) in [6, 6.07) is 13.7. The highest BCUT2D eigenvalue weighted by atomic mass is 19.1. The lowest BCUT2D eigenvalue weighted by Gasteiger charge is -2.13. The van der Waals surface area contributed by atoms with Crippen LogP contribution >= 0.6 is 0 Å². The Hall–Kier alpha value is -3.76. The topological polar surface area (TPSA) is 106 Å². The van der Waals surface area contributed by atoms with Crippen LogP contribution in [0.25, 0.3) is 11.2 Å². The van der Waals surface area contributed by atoms with E-state index >= 15 is 0 Å². The molecule has 0 saturated carbocycles. The van der Waals surface area contributed by atoms with Crippen molar-refractivity contribution in [2.45, 2.75) is 32.9 Å². The van der Waals surface area contributed by atoms with Gasteiger partial charge in [-0.25, -0.2) is 15.1 Å². The molecule has 0 aliphatic heterocycles. The smallest absolute Gasteiger partial charge is 0.332 e. The summed E-state index contributed by atoms with van der Waals surface area (Å²) in [4.78, 5) is 35.4. The maximum absolute atomic E-state index is 13.5. The first-order chi connectivity index (χ1) is 16.4. The van der Waals surface area contributed by atoms with E-state index in [1.165, 1.54) is 16.7 Å². The van der Waals surface area contributed by atoms with E-state index in [0.717, 1.165) is 22.1 Å². The Bertz CT molecular complexity index is 1420. The highest BCUT2D eigenvalue weighted by Gasteiger charge is 2.22. The number of fused-ring (bicyclic) bond motifs is 1. The molecule has 0 saturated heterocycles. The number of nitrogens with zero attached hydrogens (tertiary/aromatic N) is 4. The highest BCUT2D eigenvalue weighted by Crippen LogP contribution is 2.28. The van der Waals surface area contributed by atoms with Crippen molar-refractivity contribution in [3.05, 3.63) is 86.3 Å². The van der Waals surface area contributed by atoms with Gasteiger partial charge in [0.05, 0.1) is 13.2 Å². The second kappa shape index (κ2) is 10.0. The normalized spacial score (nSPS) is 11.3. The molecule has 4 rings (SSSR count). The standard InChI is InChI=1S/C24H26FN5O4/c1-3-17-7-4-5-8-19(17)34-23-27-21-20(30(23)15-16-9-11-18(25)12-10-16)22(31)29(13-6-14-33-26)24(32)28(21)2/h4-5,7-12H,3,6,13-15,26H2,1-2H3. The molecular weight excluding hydrogens is 441 g/mol. The molecule has 4 aromatic rings. The van der Waals surface area contributed by atoms with E-state index in [4.69, 9.17) is 10.6 Å². The summed E-state index contributed by atoms with van der Waals surface area (Å²) in [5, 5.41) is 0. The van der Waals surface area contributed by atoms with Gasteiger partial charge >= 0.3 is 11.7 Å². The van der Waals surface area contributed by atoms with Gasteiger partial charge in [-0.1, -0.05) is 37.3 Å². The second-order valence-electron chi connectivity index (χ2n) is 7.87. The Kier molecular flexibility index (Phi) is 6.90. The first-order valence-corrected chi connectivity index (χ1v) is 11.0. The maximum atomic E-state index is 13.5. The average Bonchev–Trinajstić information content (AvgIpc) is 3.19. The zero-order valence-electron chi connectivity index (χ0n) is 19.0. The minimum absolute atomic E-state index is 0.134. The Morgan fingerprint density at radius 2 is 1.79 bits per heavy atom. The number of aromatic nitrogens is 4. The molecule has 2 aromatic carbocycles. The molecule has 34 heavy (non-hydrogen) atoms. The molecule has 0 atom stereocenters. The van der Waals surface area contributed by atoms with Gasteiger partial charge in [-0.15, -0.1) is 0 Å². The molecule has 0 radical (unpaired) electrons. The van der Waals surface area contributed by atoms with Crippen LogP contribution in [-0.4, -0.2) is 25.3 Å². The molecule has 0 unspecified atom stereocenters. The second-order valence-corrected chi connectivity index (χ2v) is 7.87. The van der Waals surface area contributed by atoms with Crippen LogP contribution in [0.1, 0.15) is 24.5 Å². The van der Waals surface area contributed by atoms with Crippen LogP contribution in [0, 0.1) is 5.82 Å². The molecule has 0 fully saturated rings. The van der Waals surface area contributed by atoms with Crippen LogP contribution in [0.5, 0.6) is 11.8 Å². The number of hydrogen-bond donors (Lipinski definition) is 1. The third kappa shape index (κ3) is 4.50. The highest BCUT2D eigenvalue weighted by molar-refractivity contribution is 5.72. The van der Waals surface area contributed by atoms with E-state index in [1.54, 1.807) is 23.7 Å². The Morgan fingerprint density at radius 1 is 1.06 bits per heavy atom. The van der Waals surface area contributed by atoms with Crippen LogP contribution < -0.4 is 21.9 Å². The van der Waals surface area contributed by atoms with Gasteiger partial charge in [-0.05, 0) is 42.2 Å². The lowest BCUT2D eigenvalue weighted by atomic mass is 10.1. The summed E-state index contributed by atoms with van der Waals surface area (Å²) in [7, 11) is 1.55. The summed E-state index contributed by atoms with van der Waals surface area (Å²) in [5.74, 6) is 5.32. The SMILES string of the molecule is CCc1ccccc1Oc1nc2c(c(=O)n(CCCON)c(=O)n2C)n1Cc1ccc(F)cc1. The largest absolute Gasteiger partial charge is 0.425 e. The van der Waals surface area contributed by atoms with Crippen molar-refractivity contribution in [3.63, 3.8) is 0 Å². The minimum atomic E-state index is -0.499. The lowest BCUT2D eigenvalue weighted by Crippen LogP contribution is -2.40. The van der Waals surface area contributed by atoms with Crippen molar-refractivity contribution >= 4 is 11.2 Å². The fraction of sp³-hybridized carbons (Fsp3) is 0.292. The number of imidazole rings is 1. The van der Waals surface area contributed by atoms with Gasteiger partial charge in [-0.2, -0.15) is 4.98 Å². The zero-order valence-corrected chi connectivity index (χ0v) is 19.0. The number of aryl methyl sites for hydroxylation is 2. The van der Waals surface area contributed by atoms with E-state index in [0.29, 0.717) is 12.2 Å². The quantitative estimate of drug-likeness (QED) is 0.300. The minimum Gasteiger partial charge on any atom is -0.425 e. The molecule has 10 heteroatoms. The molecule has 0 bridgehead atoms. The monoisotopic (exact) mass is 467 g/mol. The number of ether oxygens (including phenoxy) is 1. The Morgan fingerprint density at radius 3 is 2.50 bits per heavy atom. The molecule has 0 spiro atoms. The molecule has 2 aromatic heterocycles. The van der Waals surface area contributed by atoms with Gasteiger partial charge in [0.2, 0.25) is 0 Å².